The van der Waals surface area contributed by atoms with Crippen LogP contribution in [-0.4, -0.2) is 31.1 Å². The van der Waals surface area contributed by atoms with Gasteiger partial charge in [0.25, 0.3) is 0 Å². The Balaban J connectivity index is 1.65. The maximum atomic E-state index is 9.22. The van der Waals surface area contributed by atoms with Crippen LogP contribution in [0.15, 0.2) is 42.5 Å². The van der Waals surface area contributed by atoms with Gasteiger partial charge in [-0.15, -0.1) is 0 Å². The minimum absolute atomic E-state index is 0.796. The van der Waals surface area contributed by atoms with Crippen molar-refractivity contribution in [3.05, 3.63) is 64.7 Å². The van der Waals surface area contributed by atoms with E-state index in [1.165, 1.54) is 16.8 Å². The first kappa shape index (κ1) is 15.6. The van der Waals surface area contributed by atoms with Crippen LogP contribution in [0, 0.1) is 25.2 Å². The molecule has 3 rings (SSSR count). The summed E-state index contributed by atoms with van der Waals surface area (Å²) in [5.74, 6) is 0. The number of rotatable bonds is 3. The largest absolute Gasteiger partial charge is 0.369 e. The zero-order valence-corrected chi connectivity index (χ0v) is 13.9. The average Bonchev–Trinajstić information content (AvgIpc) is 2.58. The number of nitrogens with zero attached hydrogens (tertiary/aromatic N) is 3. The van der Waals surface area contributed by atoms with Gasteiger partial charge in [-0.2, -0.15) is 5.26 Å². The van der Waals surface area contributed by atoms with E-state index in [9.17, 15) is 5.26 Å². The van der Waals surface area contributed by atoms with Crippen molar-refractivity contribution in [1.29, 1.82) is 5.26 Å². The minimum Gasteiger partial charge on any atom is -0.369 e. The Morgan fingerprint density at radius 1 is 1.00 bits per heavy atom. The molecule has 3 heteroatoms. The van der Waals surface area contributed by atoms with Gasteiger partial charge in [-0.3, -0.25) is 4.90 Å². The molecule has 118 valence electrons. The summed E-state index contributed by atoms with van der Waals surface area (Å²) in [5.41, 5.74) is 5.96. The van der Waals surface area contributed by atoms with Gasteiger partial charge in [0.15, 0.2) is 0 Å². The highest BCUT2D eigenvalue weighted by atomic mass is 15.3. The first-order valence-electron chi connectivity index (χ1n) is 8.20. The van der Waals surface area contributed by atoms with E-state index < -0.39 is 0 Å². The summed E-state index contributed by atoms with van der Waals surface area (Å²) in [7, 11) is 0. The topological polar surface area (TPSA) is 30.3 Å². The molecule has 0 unspecified atom stereocenters. The zero-order valence-electron chi connectivity index (χ0n) is 13.9. The van der Waals surface area contributed by atoms with E-state index in [1.807, 2.05) is 18.2 Å². The third-order valence-corrected chi connectivity index (χ3v) is 4.61. The highest BCUT2D eigenvalue weighted by Gasteiger charge is 2.19. The van der Waals surface area contributed by atoms with Crippen LogP contribution in [0.25, 0.3) is 0 Å². The van der Waals surface area contributed by atoms with Crippen molar-refractivity contribution in [2.24, 2.45) is 0 Å². The van der Waals surface area contributed by atoms with Gasteiger partial charge >= 0.3 is 0 Å². The number of aryl methyl sites for hydroxylation is 2. The molecule has 0 N–H and O–H groups in total. The molecular weight excluding hydrogens is 282 g/mol. The number of hydrogen-bond acceptors (Lipinski definition) is 3. The highest BCUT2D eigenvalue weighted by molar-refractivity contribution is 5.55. The van der Waals surface area contributed by atoms with E-state index in [0.717, 1.165) is 43.9 Å². The van der Waals surface area contributed by atoms with Crippen LogP contribution >= 0.6 is 0 Å². The van der Waals surface area contributed by atoms with Crippen molar-refractivity contribution in [1.82, 2.24) is 4.90 Å². The van der Waals surface area contributed by atoms with Gasteiger partial charge in [-0.1, -0.05) is 30.3 Å². The maximum Gasteiger partial charge on any atom is 0.0995 e. The smallest absolute Gasteiger partial charge is 0.0995 e. The predicted molar refractivity (Wildman–Crippen MR) is 94.6 cm³/mol. The molecule has 0 saturated carbocycles. The lowest BCUT2D eigenvalue weighted by molar-refractivity contribution is 0.249. The third-order valence-electron chi connectivity index (χ3n) is 4.61. The van der Waals surface area contributed by atoms with Gasteiger partial charge in [0.05, 0.1) is 11.6 Å². The third kappa shape index (κ3) is 3.55. The summed E-state index contributed by atoms with van der Waals surface area (Å²) in [6.45, 7) is 9.35. The lowest BCUT2D eigenvalue weighted by Crippen LogP contribution is -2.46. The Labute approximate surface area is 138 Å². The van der Waals surface area contributed by atoms with Gasteiger partial charge < -0.3 is 4.90 Å². The van der Waals surface area contributed by atoms with Crippen LogP contribution in [0.2, 0.25) is 0 Å². The van der Waals surface area contributed by atoms with E-state index in [4.69, 9.17) is 0 Å². The second-order valence-corrected chi connectivity index (χ2v) is 6.32. The molecule has 3 nitrogen and oxygen atoms in total. The normalized spacial score (nSPS) is 15.4. The van der Waals surface area contributed by atoms with E-state index >= 15 is 0 Å². The predicted octanol–water partition coefficient (Wildman–Crippen LogP) is 3.50. The van der Waals surface area contributed by atoms with Gasteiger partial charge in [-0.25, -0.2) is 0 Å². The van der Waals surface area contributed by atoms with Crippen LogP contribution in [0.3, 0.4) is 0 Å². The van der Waals surface area contributed by atoms with Gasteiger partial charge in [-0.05, 0) is 42.7 Å². The molecule has 2 aromatic rings. The lowest BCUT2D eigenvalue weighted by atomic mass is 10.1. The SMILES string of the molecule is Cc1ccc(C)c(N2CCN(Cc3ccccc3C#N)CC2)c1. The Kier molecular flexibility index (Phi) is 4.64. The van der Waals surface area contributed by atoms with Crippen LogP contribution < -0.4 is 4.90 Å². The van der Waals surface area contributed by atoms with Crippen molar-refractivity contribution in [3.8, 4) is 6.07 Å². The minimum atomic E-state index is 0.796. The molecule has 1 saturated heterocycles. The maximum absolute atomic E-state index is 9.22. The molecule has 1 fully saturated rings. The molecule has 23 heavy (non-hydrogen) atoms. The molecule has 0 amide bonds. The quantitative estimate of drug-likeness (QED) is 0.869. The Bertz CT molecular complexity index is 722. The molecule has 0 aromatic heterocycles. The summed E-state index contributed by atoms with van der Waals surface area (Å²) in [5, 5.41) is 9.22. The fraction of sp³-hybridized carbons (Fsp3) is 0.350. The zero-order chi connectivity index (χ0) is 16.2. The summed E-state index contributed by atoms with van der Waals surface area (Å²) in [6.07, 6.45) is 0. The van der Waals surface area contributed by atoms with Crippen LogP contribution in [0.1, 0.15) is 22.3 Å². The summed E-state index contributed by atoms with van der Waals surface area (Å²) < 4.78 is 0. The molecule has 0 atom stereocenters. The van der Waals surface area contributed by atoms with Crippen molar-refractivity contribution >= 4 is 5.69 Å². The second kappa shape index (κ2) is 6.85. The number of hydrogen-bond donors (Lipinski definition) is 0. The lowest BCUT2D eigenvalue weighted by Gasteiger charge is -2.37. The highest BCUT2D eigenvalue weighted by Crippen LogP contribution is 2.23. The molecule has 1 aliphatic rings. The molecule has 1 aliphatic heterocycles. The number of anilines is 1. The molecule has 0 aliphatic carbocycles. The van der Waals surface area contributed by atoms with E-state index in [1.54, 1.807) is 0 Å². The van der Waals surface area contributed by atoms with Gasteiger partial charge in [0.2, 0.25) is 0 Å². The molecule has 0 radical (unpaired) electrons. The summed E-state index contributed by atoms with van der Waals surface area (Å²) in [4.78, 5) is 4.92. The van der Waals surface area contributed by atoms with Gasteiger partial charge in [0.1, 0.15) is 0 Å². The molecule has 1 heterocycles. The molecule has 0 bridgehead atoms. The number of benzene rings is 2. The Morgan fingerprint density at radius 2 is 1.74 bits per heavy atom. The van der Waals surface area contributed by atoms with E-state index in [-0.39, 0.29) is 0 Å². The fourth-order valence-corrected chi connectivity index (χ4v) is 3.22. The summed E-state index contributed by atoms with van der Waals surface area (Å²) >= 11 is 0. The molecule has 0 spiro atoms. The Morgan fingerprint density at radius 3 is 2.48 bits per heavy atom. The van der Waals surface area contributed by atoms with Gasteiger partial charge in [0, 0.05) is 38.4 Å². The fourth-order valence-electron chi connectivity index (χ4n) is 3.22. The first-order chi connectivity index (χ1) is 11.2. The molecular formula is C20H23N3. The van der Waals surface area contributed by atoms with E-state index in [0.29, 0.717) is 0 Å². The standard InChI is InChI=1S/C20H23N3/c1-16-7-8-17(2)20(13-16)23-11-9-22(10-12-23)15-19-6-4-3-5-18(19)14-21/h3-8,13H,9-12,15H2,1-2H3. The average molecular weight is 305 g/mol. The van der Waals surface area contributed by atoms with Crippen LogP contribution in [0.4, 0.5) is 5.69 Å². The van der Waals surface area contributed by atoms with Crippen molar-refractivity contribution in [2.75, 3.05) is 31.1 Å². The first-order valence-corrected chi connectivity index (χ1v) is 8.20. The van der Waals surface area contributed by atoms with Crippen molar-refractivity contribution < 1.29 is 0 Å². The van der Waals surface area contributed by atoms with Crippen molar-refractivity contribution in [2.45, 2.75) is 20.4 Å². The van der Waals surface area contributed by atoms with E-state index in [2.05, 4.69) is 54.0 Å². The molecule has 2 aromatic carbocycles. The Hall–Kier alpha value is -2.31. The van der Waals surface area contributed by atoms with Crippen molar-refractivity contribution in [3.63, 3.8) is 0 Å². The number of piperazine rings is 1. The summed E-state index contributed by atoms with van der Waals surface area (Å²) in [6, 6.07) is 16.9. The van der Waals surface area contributed by atoms with Crippen LogP contribution in [0.5, 0.6) is 0 Å². The number of nitriles is 1. The van der Waals surface area contributed by atoms with Crippen LogP contribution in [-0.2, 0) is 6.54 Å². The second-order valence-electron chi connectivity index (χ2n) is 6.32. The monoisotopic (exact) mass is 305 g/mol.